The van der Waals surface area contributed by atoms with Gasteiger partial charge < -0.3 is 0 Å². The fourth-order valence-electron chi connectivity index (χ4n) is 0.977. The van der Waals surface area contributed by atoms with E-state index in [1.54, 1.807) is 10.8 Å². The normalized spacial score (nSPS) is 15.6. The Morgan fingerprint density at radius 2 is 2.17 bits per heavy atom. The van der Waals surface area contributed by atoms with Gasteiger partial charge >= 0.3 is 0 Å². The molecule has 0 fully saturated rings. The van der Waals surface area contributed by atoms with E-state index < -0.39 is 0 Å². The minimum atomic E-state index is 0.466. The molecule has 0 aromatic carbocycles. The Morgan fingerprint density at radius 3 is 2.67 bits per heavy atom. The molecule has 0 aliphatic heterocycles. The van der Waals surface area contributed by atoms with E-state index >= 15 is 0 Å². The maximum absolute atomic E-state index is 4.30. The average Bonchev–Trinajstić information content (AvgIpc) is 2.17. The summed E-state index contributed by atoms with van der Waals surface area (Å²) in [6, 6.07) is 6.02. The van der Waals surface area contributed by atoms with Crippen molar-refractivity contribution < 1.29 is 0 Å². The maximum Gasteiger partial charge on any atom is 0.0442 e. The third-order valence-corrected chi connectivity index (χ3v) is 3.76. The molecule has 1 nitrogen and oxygen atoms in total. The van der Waals surface area contributed by atoms with Gasteiger partial charge in [0.05, 0.1) is 0 Å². The highest BCUT2D eigenvalue weighted by Gasteiger charge is 2.13. The molecule has 1 heterocycles. The fourth-order valence-corrected chi connectivity index (χ4v) is 1.85. The summed E-state index contributed by atoms with van der Waals surface area (Å²) in [6.07, 6.45) is 1.84. The predicted octanol–water partition coefficient (Wildman–Crippen LogP) is 3.15. The van der Waals surface area contributed by atoms with Crippen LogP contribution in [0.1, 0.15) is 25.5 Å². The smallest absolute Gasteiger partial charge is 0.0442 e. The van der Waals surface area contributed by atoms with Gasteiger partial charge in [0.25, 0.3) is 0 Å². The second-order valence-corrected chi connectivity index (χ2v) is 4.44. The zero-order chi connectivity index (χ0) is 8.97. The van der Waals surface area contributed by atoms with Crippen LogP contribution in [0, 0.1) is 0 Å². The monoisotopic (exact) mass is 199 g/mol. The molecule has 66 valence electrons. The van der Waals surface area contributed by atoms with Gasteiger partial charge in [0, 0.05) is 23.1 Å². The molecule has 0 aliphatic rings. The number of rotatable bonds is 3. The van der Waals surface area contributed by atoms with E-state index in [4.69, 9.17) is 0 Å². The molecule has 0 radical (unpaired) electrons. The highest BCUT2D eigenvalue weighted by Crippen LogP contribution is 2.28. The van der Waals surface area contributed by atoms with Gasteiger partial charge in [-0.25, -0.2) is 0 Å². The lowest BCUT2D eigenvalue weighted by Crippen LogP contribution is -2.07. The number of hydrogen-bond acceptors (Lipinski definition) is 3. The van der Waals surface area contributed by atoms with Crippen molar-refractivity contribution in [3.63, 3.8) is 0 Å². The van der Waals surface area contributed by atoms with Crippen molar-refractivity contribution >= 4 is 22.5 Å². The molecule has 1 aromatic heterocycles. The van der Waals surface area contributed by atoms with Crippen molar-refractivity contribution in [2.45, 2.75) is 25.0 Å². The Balaban J connectivity index is 2.71. The van der Waals surface area contributed by atoms with E-state index in [-0.39, 0.29) is 0 Å². The minimum absolute atomic E-state index is 0.466. The average molecular weight is 199 g/mol. The lowest BCUT2D eigenvalue weighted by atomic mass is 10.0. The van der Waals surface area contributed by atoms with Crippen molar-refractivity contribution in [2.75, 3.05) is 0 Å². The van der Waals surface area contributed by atoms with Gasteiger partial charge in [-0.2, -0.15) is 0 Å². The van der Waals surface area contributed by atoms with Crippen LogP contribution in [0.3, 0.4) is 0 Å². The quantitative estimate of drug-likeness (QED) is 0.593. The molecular weight excluding hydrogens is 186 g/mol. The molecule has 0 spiro atoms. The first kappa shape index (κ1) is 9.93. The van der Waals surface area contributed by atoms with Gasteiger partial charge in [-0.05, 0) is 12.1 Å². The molecule has 0 saturated heterocycles. The standard InChI is InChI=1S/C9H13NS2/c1-7(8(2)12-11)9-5-3-4-6-10-9/h3-8,11H,1-2H3/t7-,8?/m0/s1. The topological polar surface area (TPSA) is 12.9 Å². The van der Waals surface area contributed by atoms with Crippen LogP contribution >= 0.6 is 22.5 Å². The number of pyridine rings is 1. The first-order valence-corrected chi connectivity index (χ1v) is 5.90. The number of thiol groups is 1. The van der Waals surface area contributed by atoms with Gasteiger partial charge in [0.2, 0.25) is 0 Å². The summed E-state index contributed by atoms with van der Waals surface area (Å²) in [6.45, 7) is 4.34. The van der Waals surface area contributed by atoms with E-state index in [1.165, 1.54) is 0 Å². The van der Waals surface area contributed by atoms with Crippen LogP contribution in [0.4, 0.5) is 0 Å². The Hall–Kier alpha value is -0.150. The predicted molar refractivity (Wildman–Crippen MR) is 58.7 cm³/mol. The van der Waals surface area contributed by atoms with E-state index in [0.717, 1.165) is 5.69 Å². The highest BCUT2D eigenvalue weighted by molar-refractivity contribution is 8.68. The summed E-state index contributed by atoms with van der Waals surface area (Å²) in [5.41, 5.74) is 1.14. The lowest BCUT2D eigenvalue weighted by Gasteiger charge is -2.15. The Kier molecular flexibility index (Phi) is 3.95. The van der Waals surface area contributed by atoms with Crippen molar-refractivity contribution in [3.8, 4) is 0 Å². The Morgan fingerprint density at radius 1 is 1.42 bits per heavy atom. The summed E-state index contributed by atoms with van der Waals surface area (Å²) in [4.78, 5) is 4.30. The van der Waals surface area contributed by atoms with Crippen LogP contribution in [0.5, 0.6) is 0 Å². The van der Waals surface area contributed by atoms with Gasteiger partial charge in [-0.15, -0.1) is 11.7 Å². The van der Waals surface area contributed by atoms with Gasteiger partial charge in [-0.3, -0.25) is 4.98 Å². The summed E-state index contributed by atoms with van der Waals surface area (Å²) in [5, 5.41) is 0.503. The largest absolute Gasteiger partial charge is 0.261 e. The Bertz CT molecular complexity index is 225. The molecule has 2 atom stereocenters. The van der Waals surface area contributed by atoms with Crippen molar-refractivity contribution in [2.24, 2.45) is 0 Å². The molecule has 0 saturated carbocycles. The van der Waals surface area contributed by atoms with Crippen LogP contribution in [0.25, 0.3) is 0 Å². The highest BCUT2D eigenvalue weighted by atomic mass is 33.1. The van der Waals surface area contributed by atoms with E-state index in [0.29, 0.717) is 11.2 Å². The van der Waals surface area contributed by atoms with Crippen LogP contribution in [-0.4, -0.2) is 10.2 Å². The summed E-state index contributed by atoms with van der Waals surface area (Å²) in [7, 11) is 1.58. The van der Waals surface area contributed by atoms with Crippen LogP contribution < -0.4 is 0 Å². The van der Waals surface area contributed by atoms with E-state index in [9.17, 15) is 0 Å². The lowest BCUT2D eigenvalue weighted by molar-refractivity contribution is 0.727. The molecule has 0 aliphatic carbocycles. The van der Waals surface area contributed by atoms with Crippen molar-refractivity contribution in [1.29, 1.82) is 0 Å². The SMILES string of the molecule is CC(SS)[C@H](C)c1ccccn1. The molecular formula is C9H13NS2. The molecule has 1 unspecified atom stereocenters. The summed E-state index contributed by atoms with van der Waals surface area (Å²) >= 11 is 4.19. The zero-order valence-corrected chi connectivity index (χ0v) is 8.98. The van der Waals surface area contributed by atoms with E-state index in [1.807, 2.05) is 18.3 Å². The van der Waals surface area contributed by atoms with Crippen LogP contribution in [0.2, 0.25) is 0 Å². The molecule has 0 bridgehead atoms. The third kappa shape index (κ3) is 2.42. The van der Waals surface area contributed by atoms with Crippen LogP contribution in [-0.2, 0) is 0 Å². The third-order valence-electron chi connectivity index (χ3n) is 2.02. The number of aromatic nitrogens is 1. The van der Waals surface area contributed by atoms with Crippen LogP contribution in [0.15, 0.2) is 24.4 Å². The zero-order valence-electron chi connectivity index (χ0n) is 7.27. The van der Waals surface area contributed by atoms with E-state index in [2.05, 4.69) is 36.6 Å². The molecule has 3 heteroatoms. The van der Waals surface area contributed by atoms with Gasteiger partial charge in [-0.1, -0.05) is 30.7 Å². The molecule has 1 rings (SSSR count). The summed E-state index contributed by atoms with van der Waals surface area (Å²) in [5.74, 6) is 0.466. The second-order valence-electron chi connectivity index (χ2n) is 2.85. The first-order chi connectivity index (χ1) is 5.75. The van der Waals surface area contributed by atoms with Crippen molar-refractivity contribution in [3.05, 3.63) is 30.1 Å². The Labute approximate surface area is 82.8 Å². The molecule has 0 amide bonds. The molecule has 12 heavy (non-hydrogen) atoms. The first-order valence-electron chi connectivity index (χ1n) is 3.97. The number of hydrogen-bond donors (Lipinski definition) is 1. The minimum Gasteiger partial charge on any atom is -0.261 e. The van der Waals surface area contributed by atoms with Gasteiger partial charge in [0.1, 0.15) is 0 Å². The maximum atomic E-state index is 4.30. The van der Waals surface area contributed by atoms with Crippen molar-refractivity contribution in [1.82, 2.24) is 4.98 Å². The summed E-state index contributed by atoms with van der Waals surface area (Å²) < 4.78 is 0. The second kappa shape index (κ2) is 4.77. The van der Waals surface area contributed by atoms with Gasteiger partial charge in [0.15, 0.2) is 0 Å². The fraction of sp³-hybridized carbons (Fsp3) is 0.444. The molecule has 1 aromatic rings. The number of nitrogens with zero attached hydrogens (tertiary/aromatic N) is 1. The molecule has 0 N–H and O–H groups in total.